The first-order chi connectivity index (χ1) is 23.8. The van der Waals surface area contributed by atoms with Gasteiger partial charge in [0.25, 0.3) is 0 Å². The van der Waals surface area contributed by atoms with Gasteiger partial charge in [-0.2, -0.15) is 4.72 Å². The van der Waals surface area contributed by atoms with Gasteiger partial charge in [0.15, 0.2) is 5.84 Å². The lowest BCUT2D eigenvalue weighted by Gasteiger charge is -2.31. The summed E-state index contributed by atoms with van der Waals surface area (Å²) >= 11 is 0. The molecule has 5 N–H and O–H groups in total. The number of oxime groups is 1. The number of piperidine rings is 1. The van der Waals surface area contributed by atoms with Gasteiger partial charge in [0.1, 0.15) is 24.4 Å². The number of esters is 1. The van der Waals surface area contributed by atoms with Gasteiger partial charge in [-0.25, -0.2) is 8.42 Å². The molecule has 1 aliphatic heterocycles. The quantitative estimate of drug-likeness (QED) is 0.0641. The average Bonchev–Trinajstić information content (AvgIpc) is 3.11. The van der Waals surface area contributed by atoms with Crippen molar-refractivity contribution in [1.29, 1.82) is 0 Å². The minimum atomic E-state index is -4.39. The Kier molecular flexibility index (Phi) is 13.0. The zero-order chi connectivity index (χ0) is 36.4. The number of benzene rings is 3. The van der Waals surface area contributed by atoms with Gasteiger partial charge in [0.05, 0.1) is 18.4 Å². The molecular weight excluding hydrogens is 662 g/mol. The highest BCUT2D eigenvalue weighted by molar-refractivity contribution is 7.89. The molecule has 268 valence electrons. The Morgan fingerprint density at radius 1 is 0.940 bits per heavy atom. The number of hydrogen-bond donors (Lipinski definition) is 4. The highest BCUT2D eigenvalue weighted by Crippen LogP contribution is 2.30. The number of hydrogen-bond acceptors (Lipinski definition) is 9. The number of nitrogens with one attached hydrogen (secondary N) is 2. The number of carbonyl (C=O) groups excluding carboxylic acids is 3. The summed E-state index contributed by atoms with van der Waals surface area (Å²) in [6.45, 7) is 5.95. The minimum Gasteiger partial charge on any atom is -0.496 e. The van der Waals surface area contributed by atoms with Gasteiger partial charge >= 0.3 is 5.97 Å². The molecule has 50 heavy (non-hydrogen) atoms. The first kappa shape index (κ1) is 37.9. The van der Waals surface area contributed by atoms with Crippen LogP contribution in [0.2, 0.25) is 0 Å². The van der Waals surface area contributed by atoms with E-state index in [9.17, 15) is 22.8 Å². The number of carbonyl (C=O) groups is 3. The van der Waals surface area contributed by atoms with Crippen molar-refractivity contribution in [3.05, 3.63) is 94.0 Å². The monoisotopic (exact) mass is 707 g/mol. The molecular formula is C36H45N5O8S. The van der Waals surface area contributed by atoms with Crippen LogP contribution in [0.25, 0.3) is 0 Å². The molecule has 0 unspecified atom stereocenters. The molecule has 13 nitrogen and oxygen atoms in total. The summed E-state index contributed by atoms with van der Waals surface area (Å²) in [5.74, 6) is -1.58. The number of amidine groups is 1. The zero-order valence-electron chi connectivity index (χ0n) is 28.8. The summed E-state index contributed by atoms with van der Waals surface area (Å²) in [6.07, 6.45) is 2.04. The smallest absolute Gasteiger partial charge is 0.308 e. The topological polar surface area (TPSA) is 190 Å². The second-order valence-electron chi connectivity index (χ2n) is 12.3. The number of amides is 2. The van der Waals surface area contributed by atoms with E-state index < -0.39 is 40.4 Å². The standard InChI is InChI=1S/C36H45N5O8S/c1-23-19-31(48-4)24(2)25(3)33(23)50(46,47)40-29(21-32(42)49-22-27-11-7-5-8-12-27)35(43)38-30(36(44)41-17-9-6-10-18-41)20-26-13-15-28(16-14-26)34(37)39-45/h5,7-8,11-16,19,29-30,40,45H,6,9-10,17-18,20-22H2,1-4H3,(H2,37,39)(H,38,43)/t29-,30+/m0/s1. The maximum atomic E-state index is 14.1. The van der Waals surface area contributed by atoms with E-state index in [-0.39, 0.29) is 29.7 Å². The molecule has 1 fully saturated rings. The number of nitrogens with zero attached hydrogens (tertiary/aromatic N) is 2. The fourth-order valence-electron chi connectivity index (χ4n) is 5.96. The molecule has 0 radical (unpaired) electrons. The zero-order valence-corrected chi connectivity index (χ0v) is 29.6. The highest BCUT2D eigenvalue weighted by Gasteiger charge is 2.35. The van der Waals surface area contributed by atoms with Crippen molar-refractivity contribution in [1.82, 2.24) is 14.9 Å². The summed E-state index contributed by atoms with van der Waals surface area (Å²) in [4.78, 5) is 42.7. The van der Waals surface area contributed by atoms with E-state index in [1.807, 2.05) is 6.07 Å². The molecule has 4 rings (SSSR count). The lowest BCUT2D eigenvalue weighted by atomic mass is 10.0. The SMILES string of the molecule is COc1cc(C)c(S(=O)(=O)N[C@@H](CC(=O)OCc2ccccc2)C(=O)N[C@H](Cc2ccc(/C(N)=N\O)cc2)C(=O)N2CCCCC2)c(C)c1C. The molecule has 1 saturated heterocycles. The van der Waals surface area contributed by atoms with Crippen LogP contribution in [0, 0.1) is 20.8 Å². The fraction of sp³-hybridized carbons (Fsp3) is 0.389. The maximum absolute atomic E-state index is 14.1. The lowest BCUT2D eigenvalue weighted by Crippen LogP contribution is -2.56. The Morgan fingerprint density at radius 3 is 2.22 bits per heavy atom. The third kappa shape index (κ3) is 9.60. The Bertz CT molecular complexity index is 1810. The Morgan fingerprint density at radius 2 is 1.60 bits per heavy atom. The number of ether oxygens (including phenoxy) is 2. The van der Waals surface area contributed by atoms with E-state index in [0.29, 0.717) is 52.2 Å². The highest BCUT2D eigenvalue weighted by atomic mass is 32.2. The van der Waals surface area contributed by atoms with Crippen molar-refractivity contribution in [2.45, 2.75) is 76.5 Å². The van der Waals surface area contributed by atoms with Crippen LogP contribution in [0.4, 0.5) is 0 Å². The second kappa shape index (κ2) is 17.1. The van der Waals surface area contributed by atoms with E-state index in [1.54, 1.807) is 80.3 Å². The van der Waals surface area contributed by atoms with Gasteiger partial charge in [0.2, 0.25) is 21.8 Å². The Hall–Kier alpha value is -4.95. The molecule has 3 aromatic rings. The number of likely N-dealkylation sites (tertiary alicyclic amines) is 1. The van der Waals surface area contributed by atoms with Gasteiger partial charge in [-0.05, 0) is 73.9 Å². The number of nitrogens with two attached hydrogens (primary N) is 1. The molecule has 3 aromatic carbocycles. The molecule has 14 heteroatoms. The van der Waals surface area contributed by atoms with Crippen LogP contribution >= 0.6 is 0 Å². The van der Waals surface area contributed by atoms with Gasteiger partial charge in [0, 0.05) is 25.1 Å². The molecule has 1 aliphatic rings. The molecule has 1 heterocycles. The summed E-state index contributed by atoms with van der Waals surface area (Å²) in [5.41, 5.74) is 8.95. The van der Waals surface area contributed by atoms with E-state index in [1.165, 1.54) is 7.11 Å². The van der Waals surface area contributed by atoms with E-state index in [0.717, 1.165) is 19.3 Å². The van der Waals surface area contributed by atoms with Crippen molar-refractivity contribution < 1.29 is 37.5 Å². The number of rotatable bonds is 14. The molecule has 0 aliphatic carbocycles. The third-order valence-corrected chi connectivity index (χ3v) is 10.5. The van der Waals surface area contributed by atoms with Crippen LogP contribution in [0.15, 0.2) is 70.7 Å². The van der Waals surface area contributed by atoms with Crippen LogP contribution in [0.3, 0.4) is 0 Å². The first-order valence-electron chi connectivity index (χ1n) is 16.4. The minimum absolute atomic E-state index is 0.0435. The largest absolute Gasteiger partial charge is 0.496 e. The molecule has 0 aromatic heterocycles. The fourth-order valence-corrected chi connectivity index (χ4v) is 7.68. The van der Waals surface area contributed by atoms with Crippen molar-refractivity contribution >= 4 is 33.6 Å². The average molecular weight is 708 g/mol. The van der Waals surface area contributed by atoms with E-state index in [4.69, 9.17) is 20.4 Å². The molecule has 0 spiro atoms. The number of aryl methyl sites for hydroxylation is 1. The summed E-state index contributed by atoms with van der Waals surface area (Å²) in [7, 11) is -2.90. The summed E-state index contributed by atoms with van der Waals surface area (Å²) in [5, 5.41) is 14.8. The molecule has 2 amide bonds. The predicted octanol–water partition coefficient (Wildman–Crippen LogP) is 3.24. The van der Waals surface area contributed by atoms with Crippen LogP contribution in [0.5, 0.6) is 5.75 Å². The summed E-state index contributed by atoms with van der Waals surface area (Å²) < 4.78 is 41.2. The molecule has 0 bridgehead atoms. The van der Waals surface area contributed by atoms with E-state index in [2.05, 4.69) is 15.2 Å². The van der Waals surface area contributed by atoms with Gasteiger partial charge in [-0.1, -0.05) is 59.8 Å². The van der Waals surface area contributed by atoms with Crippen LogP contribution < -0.4 is 20.5 Å². The predicted molar refractivity (Wildman–Crippen MR) is 187 cm³/mol. The second-order valence-corrected chi connectivity index (χ2v) is 14.0. The van der Waals surface area contributed by atoms with Crippen LogP contribution in [-0.4, -0.2) is 74.4 Å². The van der Waals surface area contributed by atoms with Gasteiger partial charge in [-0.15, -0.1) is 0 Å². The van der Waals surface area contributed by atoms with Gasteiger partial charge < -0.3 is 30.6 Å². The third-order valence-electron chi connectivity index (χ3n) is 8.77. The first-order valence-corrected chi connectivity index (χ1v) is 17.9. The van der Waals surface area contributed by atoms with Crippen LogP contribution in [-0.2, 0) is 42.2 Å². The van der Waals surface area contributed by atoms with Crippen LogP contribution in [0.1, 0.15) is 59.1 Å². The van der Waals surface area contributed by atoms with Crippen molar-refractivity contribution in [2.75, 3.05) is 20.2 Å². The Balaban J connectivity index is 1.65. The number of sulfonamides is 1. The Labute approximate surface area is 292 Å². The van der Waals surface area contributed by atoms with E-state index >= 15 is 0 Å². The normalized spacial score (nSPS) is 14.8. The van der Waals surface area contributed by atoms with Crippen molar-refractivity contribution in [3.8, 4) is 5.75 Å². The maximum Gasteiger partial charge on any atom is 0.308 e. The van der Waals surface area contributed by atoms with Crippen molar-refractivity contribution in [3.63, 3.8) is 0 Å². The van der Waals surface area contributed by atoms with Gasteiger partial charge in [-0.3, -0.25) is 14.4 Å². The number of methoxy groups -OCH3 is 1. The molecule has 0 saturated carbocycles. The summed E-state index contributed by atoms with van der Waals surface area (Å²) in [6, 6.07) is 14.4. The lowest BCUT2D eigenvalue weighted by molar-refractivity contribution is -0.147. The van der Waals surface area contributed by atoms with Crippen molar-refractivity contribution in [2.24, 2.45) is 10.9 Å². The molecule has 2 atom stereocenters.